The molecule has 0 aliphatic heterocycles. The van der Waals surface area contributed by atoms with E-state index < -0.39 is 5.97 Å². The van der Waals surface area contributed by atoms with Gasteiger partial charge in [-0.05, 0) is 29.9 Å². The SMILES string of the molecule is CC1(c2cc(CC(=O)[O-])ccc2O)CCCCC1. The van der Waals surface area contributed by atoms with E-state index in [1.807, 2.05) is 6.07 Å². The Hall–Kier alpha value is -1.51. The van der Waals surface area contributed by atoms with E-state index in [9.17, 15) is 15.0 Å². The molecule has 1 aliphatic rings. The van der Waals surface area contributed by atoms with Crippen molar-refractivity contribution in [1.82, 2.24) is 0 Å². The van der Waals surface area contributed by atoms with Crippen molar-refractivity contribution in [3.8, 4) is 5.75 Å². The molecule has 0 unspecified atom stereocenters. The van der Waals surface area contributed by atoms with Gasteiger partial charge in [0.1, 0.15) is 5.75 Å². The number of benzene rings is 1. The summed E-state index contributed by atoms with van der Waals surface area (Å²) in [6.07, 6.45) is 5.59. The number of rotatable bonds is 3. The smallest absolute Gasteiger partial charge is 0.119 e. The van der Waals surface area contributed by atoms with Crippen molar-refractivity contribution < 1.29 is 15.0 Å². The van der Waals surface area contributed by atoms with E-state index in [2.05, 4.69) is 6.92 Å². The van der Waals surface area contributed by atoms with Gasteiger partial charge >= 0.3 is 0 Å². The second-order valence-electron chi connectivity index (χ2n) is 5.52. The highest BCUT2D eigenvalue weighted by Crippen LogP contribution is 2.42. The number of carbonyl (C=O) groups excluding carboxylic acids is 1. The number of carbonyl (C=O) groups is 1. The summed E-state index contributed by atoms with van der Waals surface area (Å²) in [5.41, 5.74) is 1.57. The number of aliphatic carboxylic acids is 1. The molecule has 0 bridgehead atoms. The van der Waals surface area contributed by atoms with Crippen LogP contribution in [0.4, 0.5) is 0 Å². The maximum absolute atomic E-state index is 10.6. The standard InChI is InChI=1S/C15H20O3/c1-15(7-3-2-4-8-15)12-9-11(10-14(17)18)5-6-13(12)16/h5-6,9,16H,2-4,7-8,10H2,1H3,(H,17,18)/p-1. The molecule has 1 aromatic carbocycles. The summed E-state index contributed by atoms with van der Waals surface area (Å²) < 4.78 is 0. The zero-order valence-corrected chi connectivity index (χ0v) is 10.7. The predicted molar refractivity (Wildman–Crippen MR) is 67.3 cm³/mol. The minimum atomic E-state index is -1.08. The number of phenolic OH excluding ortho intramolecular Hbond substituents is 1. The lowest BCUT2D eigenvalue weighted by molar-refractivity contribution is -0.304. The Morgan fingerprint density at radius 3 is 2.61 bits per heavy atom. The first-order valence-electron chi connectivity index (χ1n) is 6.53. The van der Waals surface area contributed by atoms with Crippen LogP contribution in [0.3, 0.4) is 0 Å². The van der Waals surface area contributed by atoms with E-state index in [1.165, 1.54) is 19.3 Å². The largest absolute Gasteiger partial charge is 0.550 e. The third-order valence-corrected chi connectivity index (χ3v) is 4.02. The van der Waals surface area contributed by atoms with Crippen LogP contribution in [0.1, 0.15) is 50.2 Å². The molecule has 0 atom stereocenters. The van der Waals surface area contributed by atoms with E-state index >= 15 is 0 Å². The van der Waals surface area contributed by atoms with Crippen molar-refractivity contribution in [1.29, 1.82) is 0 Å². The number of carboxylic acid groups (broad SMARTS) is 1. The quantitative estimate of drug-likeness (QED) is 0.887. The van der Waals surface area contributed by atoms with Crippen molar-refractivity contribution in [2.24, 2.45) is 0 Å². The Bertz CT molecular complexity index is 445. The molecule has 18 heavy (non-hydrogen) atoms. The minimum Gasteiger partial charge on any atom is -0.550 e. The molecule has 2 rings (SSSR count). The molecule has 0 spiro atoms. The second kappa shape index (κ2) is 5.01. The summed E-state index contributed by atoms with van der Waals surface area (Å²) >= 11 is 0. The van der Waals surface area contributed by atoms with Crippen molar-refractivity contribution in [3.05, 3.63) is 29.3 Å². The molecule has 1 saturated carbocycles. The summed E-state index contributed by atoms with van der Waals surface area (Å²) in [6, 6.07) is 5.09. The fraction of sp³-hybridized carbons (Fsp3) is 0.533. The predicted octanol–water partition coefficient (Wildman–Crippen LogP) is 1.91. The monoisotopic (exact) mass is 247 g/mol. The molecule has 0 radical (unpaired) electrons. The lowest BCUT2D eigenvalue weighted by Gasteiger charge is -2.34. The van der Waals surface area contributed by atoms with Gasteiger partial charge in [0, 0.05) is 18.0 Å². The molecule has 98 valence electrons. The van der Waals surface area contributed by atoms with Crippen LogP contribution in [0, 0.1) is 0 Å². The molecular weight excluding hydrogens is 228 g/mol. The van der Waals surface area contributed by atoms with Gasteiger partial charge in [0.05, 0.1) is 0 Å². The van der Waals surface area contributed by atoms with Crippen molar-refractivity contribution >= 4 is 5.97 Å². The summed E-state index contributed by atoms with van der Waals surface area (Å²) in [7, 11) is 0. The zero-order valence-electron chi connectivity index (χ0n) is 10.7. The van der Waals surface area contributed by atoms with Crippen molar-refractivity contribution in [3.63, 3.8) is 0 Å². The van der Waals surface area contributed by atoms with Crippen LogP contribution in [-0.4, -0.2) is 11.1 Å². The normalized spacial score (nSPS) is 18.5. The number of aromatic hydroxyl groups is 1. The molecule has 1 N–H and O–H groups in total. The van der Waals surface area contributed by atoms with Gasteiger partial charge in [-0.25, -0.2) is 0 Å². The zero-order chi connectivity index (χ0) is 13.2. The highest BCUT2D eigenvalue weighted by Gasteiger charge is 2.31. The first-order chi connectivity index (χ1) is 8.51. The molecule has 3 heteroatoms. The van der Waals surface area contributed by atoms with E-state index in [-0.39, 0.29) is 17.6 Å². The Balaban J connectivity index is 2.33. The van der Waals surface area contributed by atoms with Gasteiger partial charge in [-0.3, -0.25) is 0 Å². The number of hydrogen-bond donors (Lipinski definition) is 1. The highest BCUT2D eigenvalue weighted by molar-refractivity contribution is 5.68. The van der Waals surface area contributed by atoms with Gasteiger partial charge in [-0.1, -0.05) is 38.3 Å². The van der Waals surface area contributed by atoms with Gasteiger partial charge in [-0.15, -0.1) is 0 Å². The van der Waals surface area contributed by atoms with E-state index in [4.69, 9.17) is 0 Å². The van der Waals surface area contributed by atoms with Crippen LogP contribution in [0.25, 0.3) is 0 Å². The van der Waals surface area contributed by atoms with E-state index in [0.29, 0.717) is 5.56 Å². The molecule has 3 nitrogen and oxygen atoms in total. The third kappa shape index (κ3) is 2.66. The van der Waals surface area contributed by atoms with Crippen LogP contribution in [-0.2, 0) is 16.6 Å². The Morgan fingerprint density at radius 2 is 2.00 bits per heavy atom. The maximum Gasteiger partial charge on any atom is 0.119 e. The maximum atomic E-state index is 10.6. The van der Waals surface area contributed by atoms with Crippen LogP contribution in [0.2, 0.25) is 0 Å². The molecule has 0 saturated heterocycles. The topological polar surface area (TPSA) is 60.4 Å². The Kier molecular flexibility index (Phi) is 3.60. The Labute approximate surface area is 107 Å². The van der Waals surface area contributed by atoms with E-state index in [1.54, 1.807) is 12.1 Å². The molecule has 1 aliphatic carbocycles. The van der Waals surface area contributed by atoms with Gasteiger partial charge < -0.3 is 15.0 Å². The molecule has 1 aromatic rings. The number of hydrogen-bond acceptors (Lipinski definition) is 3. The van der Waals surface area contributed by atoms with Crippen molar-refractivity contribution in [2.75, 3.05) is 0 Å². The van der Waals surface area contributed by atoms with Gasteiger partial charge in [0.15, 0.2) is 0 Å². The van der Waals surface area contributed by atoms with Gasteiger partial charge in [-0.2, -0.15) is 0 Å². The molecular formula is C15H19O3-. The fourth-order valence-electron chi connectivity index (χ4n) is 2.94. The summed E-state index contributed by atoms with van der Waals surface area (Å²) in [5.74, 6) is -0.804. The lowest BCUT2D eigenvalue weighted by atomic mass is 9.70. The van der Waals surface area contributed by atoms with Crippen LogP contribution in [0.5, 0.6) is 5.75 Å². The van der Waals surface area contributed by atoms with Crippen LogP contribution in [0.15, 0.2) is 18.2 Å². The first-order valence-corrected chi connectivity index (χ1v) is 6.53. The number of phenols is 1. The lowest BCUT2D eigenvalue weighted by Crippen LogP contribution is -2.26. The van der Waals surface area contributed by atoms with Crippen molar-refractivity contribution in [2.45, 2.75) is 50.9 Å². The molecule has 1 fully saturated rings. The Morgan fingerprint density at radius 1 is 1.33 bits per heavy atom. The van der Waals surface area contributed by atoms with E-state index in [0.717, 1.165) is 18.4 Å². The molecule has 0 amide bonds. The third-order valence-electron chi connectivity index (χ3n) is 4.02. The average molecular weight is 247 g/mol. The summed E-state index contributed by atoms with van der Waals surface area (Å²) in [5, 5.41) is 20.7. The molecule has 0 aromatic heterocycles. The average Bonchev–Trinajstić information content (AvgIpc) is 2.32. The summed E-state index contributed by atoms with van der Waals surface area (Å²) in [4.78, 5) is 10.6. The van der Waals surface area contributed by atoms with Gasteiger partial charge in [0.25, 0.3) is 0 Å². The fourth-order valence-corrected chi connectivity index (χ4v) is 2.94. The van der Waals surface area contributed by atoms with Crippen LogP contribution < -0.4 is 5.11 Å². The van der Waals surface area contributed by atoms with Gasteiger partial charge in [0.2, 0.25) is 0 Å². The number of carboxylic acids is 1. The second-order valence-corrected chi connectivity index (χ2v) is 5.52. The van der Waals surface area contributed by atoms with Crippen LogP contribution >= 0.6 is 0 Å². The first kappa shape index (κ1) is 12.9. The summed E-state index contributed by atoms with van der Waals surface area (Å²) in [6.45, 7) is 2.16. The highest BCUT2D eigenvalue weighted by atomic mass is 16.4. The molecule has 0 heterocycles. The minimum absolute atomic E-state index is 0.0235.